The van der Waals surface area contributed by atoms with Crippen LogP contribution in [0.5, 0.6) is 0 Å². The van der Waals surface area contributed by atoms with Crippen LogP contribution in [0.4, 0.5) is 5.95 Å². The van der Waals surface area contributed by atoms with Gasteiger partial charge in [0, 0.05) is 11.6 Å². The predicted molar refractivity (Wildman–Crippen MR) is 95.1 cm³/mol. The molecule has 0 unspecified atom stereocenters. The minimum Gasteiger partial charge on any atom is -0.369 e. The molecule has 25 heavy (non-hydrogen) atoms. The molecule has 1 aromatic carbocycles. The largest absolute Gasteiger partial charge is 0.369 e. The van der Waals surface area contributed by atoms with Crippen LogP contribution in [0.3, 0.4) is 0 Å². The van der Waals surface area contributed by atoms with Gasteiger partial charge in [0.2, 0.25) is 5.95 Å². The monoisotopic (exact) mass is 400 g/mol. The van der Waals surface area contributed by atoms with Crippen molar-refractivity contribution < 1.29 is 4.52 Å². The maximum atomic E-state index is 12.6. The molecule has 0 saturated carbocycles. The fourth-order valence-corrected chi connectivity index (χ4v) is 3.19. The van der Waals surface area contributed by atoms with Gasteiger partial charge in [-0.2, -0.15) is 0 Å². The number of hydrogen-bond acceptors (Lipinski definition) is 6. The summed E-state index contributed by atoms with van der Waals surface area (Å²) in [5.74, 6) is 0.741. The molecule has 0 bridgehead atoms. The van der Waals surface area contributed by atoms with Crippen molar-refractivity contribution in [1.29, 1.82) is 0 Å². The Bertz CT molecular complexity index is 1130. The molecule has 0 amide bonds. The quantitative estimate of drug-likeness (QED) is 0.565. The zero-order valence-electron chi connectivity index (χ0n) is 13.2. The number of benzene rings is 1. The number of fused-ring (bicyclic) bond motifs is 1. The average Bonchev–Trinajstić information content (AvgIpc) is 3.16. The second-order valence-electron chi connectivity index (χ2n) is 5.53. The highest BCUT2D eigenvalue weighted by molar-refractivity contribution is 9.10. The van der Waals surface area contributed by atoms with E-state index in [9.17, 15) is 4.79 Å². The third-order valence-corrected chi connectivity index (χ3v) is 4.46. The zero-order valence-corrected chi connectivity index (χ0v) is 14.8. The highest BCUT2D eigenvalue weighted by Crippen LogP contribution is 2.29. The lowest BCUT2D eigenvalue weighted by molar-refractivity contribution is 0.387. The van der Waals surface area contributed by atoms with Gasteiger partial charge in [0.15, 0.2) is 5.65 Å². The molecule has 3 heterocycles. The molecule has 0 radical (unpaired) electrons. The number of aryl methyl sites for hydroxylation is 1. The van der Waals surface area contributed by atoms with E-state index in [1.807, 2.05) is 30.3 Å². The normalized spacial score (nSPS) is 11.3. The molecule has 0 spiro atoms. The van der Waals surface area contributed by atoms with E-state index in [1.165, 1.54) is 9.08 Å². The first-order valence-corrected chi connectivity index (χ1v) is 8.26. The van der Waals surface area contributed by atoms with Crippen molar-refractivity contribution in [3.63, 3.8) is 0 Å². The van der Waals surface area contributed by atoms with Gasteiger partial charge in [-0.1, -0.05) is 35.5 Å². The molecule has 9 heteroatoms. The SMILES string of the molecule is Cc1cc(Cn2nc3c(Br)c(-c4ccccc4)nc(N)n3c2=O)no1. The average molecular weight is 401 g/mol. The fourth-order valence-electron chi connectivity index (χ4n) is 2.61. The Hall–Kier alpha value is -2.94. The standard InChI is InChI=1S/C16H13BrN6O2/c1-9-7-11(21-25-9)8-22-16(24)23-14(20-22)12(17)13(19-15(23)18)10-5-3-2-4-6-10/h2-7H,8H2,1H3,(H2,18,19). The maximum absolute atomic E-state index is 12.6. The van der Waals surface area contributed by atoms with Crippen molar-refractivity contribution in [3.8, 4) is 11.3 Å². The van der Waals surface area contributed by atoms with Crippen LogP contribution in [0.1, 0.15) is 11.5 Å². The van der Waals surface area contributed by atoms with Crippen LogP contribution in [0, 0.1) is 6.92 Å². The zero-order chi connectivity index (χ0) is 17.6. The van der Waals surface area contributed by atoms with Crippen LogP contribution >= 0.6 is 15.9 Å². The molecule has 8 nitrogen and oxygen atoms in total. The molecule has 0 fully saturated rings. The van der Waals surface area contributed by atoms with Gasteiger partial charge in [0.25, 0.3) is 0 Å². The van der Waals surface area contributed by atoms with Gasteiger partial charge < -0.3 is 10.3 Å². The molecule has 2 N–H and O–H groups in total. The van der Waals surface area contributed by atoms with Gasteiger partial charge in [0.1, 0.15) is 11.5 Å². The highest BCUT2D eigenvalue weighted by atomic mass is 79.9. The predicted octanol–water partition coefficient (Wildman–Crippen LogP) is 2.25. The van der Waals surface area contributed by atoms with E-state index >= 15 is 0 Å². The maximum Gasteiger partial charge on any atom is 0.353 e. The number of hydrogen-bond donors (Lipinski definition) is 1. The van der Waals surface area contributed by atoms with E-state index in [0.29, 0.717) is 27.3 Å². The second-order valence-corrected chi connectivity index (χ2v) is 6.32. The first-order valence-electron chi connectivity index (χ1n) is 7.47. The molecular weight excluding hydrogens is 388 g/mol. The van der Waals surface area contributed by atoms with E-state index in [1.54, 1.807) is 13.0 Å². The summed E-state index contributed by atoms with van der Waals surface area (Å²) >= 11 is 3.50. The molecule has 0 saturated heterocycles. The van der Waals surface area contributed by atoms with Gasteiger partial charge in [-0.3, -0.25) is 0 Å². The first kappa shape index (κ1) is 15.6. The van der Waals surface area contributed by atoms with Crippen molar-refractivity contribution in [3.05, 3.63) is 62.8 Å². The first-order chi connectivity index (χ1) is 12.0. The fraction of sp³-hybridized carbons (Fsp3) is 0.125. The lowest BCUT2D eigenvalue weighted by atomic mass is 10.1. The van der Waals surface area contributed by atoms with Gasteiger partial charge in [-0.25, -0.2) is 18.9 Å². The minimum absolute atomic E-state index is 0.0737. The van der Waals surface area contributed by atoms with Crippen LogP contribution in [0.15, 0.2) is 50.2 Å². The molecular formula is C16H13BrN6O2. The number of nitrogen functional groups attached to an aromatic ring is 1. The molecule has 0 aliphatic heterocycles. The number of aromatic nitrogens is 5. The topological polar surface area (TPSA) is 104 Å². The Kier molecular flexibility index (Phi) is 3.65. The summed E-state index contributed by atoms with van der Waals surface area (Å²) in [6, 6.07) is 11.3. The van der Waals surface area contributed by atoms with Crippen molar-refractivity contribution >= 4 is 27.5 Å². The lowest BCUT2D eigenvalue weighted by Gasteiger charge is -2.06. The highest BCUT2D eigenvalue weighted by Gasteiger charge is 2.19. The van der Waals surface area contributed by atoms with Gasteiger partial charge >= 0.3 is 5.69 Å². The van der Waals surface area contributed by atoms with Gasteiger partial charge in [-0.05, 0) is 22.9 Å². The summed E-state index contributed by atoms with van der Waals surface area (Å²) in [5.41, 5.74) is 8.13. The molecule has 3 aromatic heterocycles. The summed E-state index contributed by atoms with van der Waals surface area (Å²) in [4.78, 5) is 17.0. The molecule has 126 valence electrons. The number of nitrogens with two attached hydrogens (primary N) is 1. The number of halogens is 1. The van der Waals surface area contributed by atoms with E-state index < -0.39 is 0 Å². The number of anilines is 1. The Morgan fingerprint density at radius 2 is 2.04 bits per heavy atom. The molecule has 0 aliphatic carbocycles. The molecule has 4 aromatic rings. The summed E-state index contributed by atoms with van der Waals surface area (Å²) in [5, 5.41) is 8.27. The summed E-state index contributed by atoms with van der Waals surface area (Å²) in [6.45, 7) is 1.97. The van der Waals surface area contributed by atoms with Crippen molar-refractivity contribution in [2.24, 2.45) is 0 Å². The Morgan fingerprint density at radius 3 is 2.72 bits per heavy atom. The summed E-state index contributed by atoms with van der Waals surface area (Å²) < 4.78 is 8.18. The Balaban J connectivity index is 1.89. The molecule has 0 aliphatic rings. The van der Waals surface area contributed by atoms with Crippen molar-refractivity contribution in [1.82, 2.24) is 24.3 Å². The Labute approximate surface area is 150 Å². The third-order valence-electron chi connectivity index (χ3n) is 3.73. The van der Waals surface area contributed by atoms with Gasteiger partial charge in [-0.15, -0.1) is 5.10 Å². The van der Waals surface area contributed by atoms with Crippen LogP contribution in [-0.4, -0.2) is 24.3 Å². The van der Waals surface area contributed by atoms with Crippen molar-refractivity contribution in [2.75, 3.05) is 5.73 Å². The van der Waals surface area contributed by atoms with E-state index in [-0.39, 0.29) is 18.2 Å². The summed E-state index contributed by atoms with van der Waals surface area (Å²) in [6.07, 6.45) is 0. The van der Waals surface area contributed by atoms with Crippen LogP contribution in [-0.2, 0) is 6.54 Å². The third kappa shape index (κ3) is 2.62. The number of nitrogens with zero attached hydrogens (tertiary/aromatic N) is 5. The van der Waals surface area contributed by atoms with E-state index in [2.05, 4.69) is 31.2 Å². The molecule has 0 atom stereocenters. The second kappa shape index (κ2) is 5.85. The summed E-state index contributed by atoms with van der Waals surface area (Å²) in [7, 11) is 0. The van der Waals surface area contributed by atoms with E-state index in [4.69, 9.17) is 10.3 Å². The van der Waals surface area contributed by atoms with Crippen molar-refractivity contribution in [2.45, 2.75) is 13.5 Å². The smallest absolute Gasteiger partial charge is 0.353 e. The van der Waals surface area contributed by atoms with E-state index in [0.717, 1.165) is 5.56 Å². The van der Waals surface area contributed by atoms with Crippen LogP contribution < -0.4 is 11.4 Å². The molecule has 4 rings (SSSR count). The van der Waals surface area contributed by atoms with Crippen LogP contribution in [0.2, 0.25) is 0 Å². The van der Waals surface area contributed by atoms with Crippen LogP contribution in [0.25, 0.3) is 16.9 Å². The number of rotatable bonds is 3. The lowest BCUT2D eigenvalue weighted by Crippen LogP contribution is -2.23. The Morgan fingerprint density at radius 1 is 1.28 bits per heavy atom. The minimum atomic E-state index is -0.388. The van der Waals surface area contributed by atoms with Gasteiger partial charge in [0.05, 0.1) is 16.7 Å².